The number of methoxy groups -OCH3 is 1. The first kappa shape index (κ1) is 11.4. The average molecular weight is 299 g/mol. The van der Waals surface area contributed by atoms with Crippen molar-refractivity contribution < 1.29 is 4.74 Å². The Labute approximate surface area is 106 Å². The van der Waals surface area contributed by atoms with Crippen LogP contribution in [0.5, 0.6) is 5.75 Å². The number of thiazole rings is 1. The van der Waals surface area contributed by atoms with Gasteiger partial charge in [0.2, 0.25) is 0 Å². The molecule has 0 bridgehead atoms. The first-order chi connectivity index (χ1) is 7.61. The lowest BCUT2D eigenvalue weighted by Crippen LogP contribution is -1.90. The molecule has 0 saturated carbocycles. The number of anilines is 1. The molecule has 0 radical (unpaired) electrons. The molecule has 0 saturated heterocycles. The quantitative estimate of drug-likeness (QED) is 0.923. The molecule has 16 heavy (non-hydrogen) atoms. The molecule has 0 aliphatic carbocycles. The number of benzene rings is 1. The Kier molecular flexibility index (Phi) is 3.16. The number of aromatic nitrogens is 1. The summed E-state index contributed by atoms with van der Waals surface area (Å²) in [6, 6.07) is 5.84. The fraction of sp³-hybridized carbons (Fsp3) is 0.182. The van der Waals surface area contributed by atoms with Crippen molar-refractivity contribution in [1.82, 2.24) is 4.98 Å². The third-order valence-electron chi connectivity index (χ3n) is 2.23. The van der Waals surface area contributed by atoms with Crippen molar-refractivity contribution in [2.24, 2.45) is 0 Å². The maximum atomic E-state index is 5.70. The number of nitrogens with zero attached hydrogens (tertiary/aromatic N) is 1. The average Bonchev–Trinajstić information content (AvgIpc) is 2.57. The number of rotatable bonds is 2. The Morgan fingerprint density at radius 2 is 2.19 bits per heavy atom. The lowest BCUT2D eigenvalue weighted by atomic mass is 10.1. The molecule has 1 aromatic heterocycles. The molecule has 84 valence electrons. The second-order valence-corrected chi connectivity index (χ2v) is 5.45. The summed E-state index contributed by atoms with van der Waals surface area (Å²) in [5, 5.41) is 0.578. The van der Waals surface area contributed by atoms with Crippen LogP contribution in [-0.4, -0.2) is 12.1 Å². The van der Waals surface area contributed by atoms with Crippen molar-refractivity contribution in [3.8, 4) is 17.0 Å². The van der Waals surface area contributed by atoms with E-state index in [1.165, 1.54) is 11.3 Å². The zero-order chi connectivity index (χ0) is 11.7. The van der Waals surface area contributed by atoms with Crippen molar-refractivity contribution >= 4 is 32.4 Å². The summed E-state index contributed by atoms with van der Waals surface area (Å²) in [5.41, 5.74) is 7.55. The minimum absolute atomic E-state index is 0.578. The van der Waals surface area contributed by atoms with E-state index in [1.54, 1.807) is 7.11 Å². The van der Waals surface area contributed by atoms with Crippen LogP contribution in [0.25, 0.3) is 11.3 Å². The zero-order valence-corrected chi connectivity index (χ0v) is 11.4. The highest BCUT2D eigenvalue weighted by molar-refractivity contribution is 9.10. The third-order valence-corrected chi connectivity index (χ3v) is 3.52. The molecule has 0 aliphatic heterocycles. The molecule has 3 nitrogen and oxygen atoms in total. The lowest BCUT2D eigenvalue weighted by molar-refractivity contribution is 0.416. The number of hydrogen-bond acceptors (Lipinski definition) is 4. The maximum Gasteiger partial charge on any atom is 0.180 e. The minimum Gasteiger partial charge on any atom is -0.496 e. The van der Waals surface area contributed by atoms with Crippen LogP contribution >= 0.6 is 27.3 Å². The van der Waals surface area contributed by atoms with Gasteiger partial charge in [0.1, 0.15) is 5.75 Å². The van der Waals surface area contributed by atoms with Crippen LogP contribution in [0.2, 0.25) is 0 Å². The minimum atomic E-state index is 0.578. The Hall–Kier alpha value is -1.07. The lowest BCUT2D eigenvalue weighted by Gasteiger charge is -2.07. The van der Waals surface area contributed by atoms with Crippen molar-refractivity contribution in [3.05, 3.63) is 27.5 Å². The van der Waals surface area contributed by atoms with Gasteiger partial charge in [0.05, 0.1) is 12.8 Å². The number of halogens is 1. The first-order valence-electron chi connectivity index (χ1n) is 4.68. The molecule has 1 heterocycles. The molecule has 0 atom stereocenters. The third kappa shape index (κ3) is 2.05. The van der Waals surface area contributed by atoms with Crippen LogP contribution in [0.15, 0.2) is 22.7 Å². The van der Waals surface area contributed by atoms with Crippen molar-refractivity contribution in [1.29, 1.82) is 0 Å². The van der Waals surface area contributed by atoms with Gasteiger partial charge in [-0.3, -0.25) is 0 Å². The molecule has 0 unspecified atom stereocenters. The van der Waals surface area contributed by atoms with Crippen LogP contribution in [0.3, 0.4) is 0 Å². The van der Waals surface area contributed by atoms with E-state index >= 15 is 0 Å². The molecule has 2 N–H and O–H groups in total. The van der Waals surface area contributed by atoms with Gasteiger partial charge in [-0.1, -0.05) is 15.9 Å². The molecule has 0 fully saturated rings. The van der Waals surface area contributed by atoms with Gasteiger partial charge in [-0.15, -0.1) is 11.3 Å². The Morgan fingerprint density at radius 3 is 2.75 bits per heavy atom. The van der Waals surface area contributed by atoms with E-state index in [0.29, 0.717) is 5.13 Å². The number of aryl methyl sites for hydroxylation is 1. The molecule has 0 amide bonds. The molecule has 0 aliphatic rings. The largest absolute Gasteiger partial charge is 0.496 e. The highest BCUT2D eigenvalue weighted by Crippen LogP contribution is 2.36. The van der Waals surface area contributed by atoms with Crippen LogP contribution in [0.1, 0.15) is 4.88 Å². The molecular weight excluding hydrogens is 288 g/mol. The standard InChI is InChI=1S/C11H11BrN2OS/c1-6-10(14-11(13)16-6)8-5-7(12)3-4-9(8)15-2/h3-5H,1-2H3,(H2,13,14). The highest BCUT2D eigenvalue weighted by atomic mass is 79.9. The smallest absolute Gasteiger partial charge is 0.180 e. The monoisotopic (exact) mass is 298 g/mol. The molecule has 2 rings (SSSR count). The molecule has 0 spiro atoms. The van der Waals surface area contributed by atoms with Gasteiger partial charge >= 0.3 is 0 Å². The Balaban J connectivity index is 2.62. The fourth-order valence-electron chi connectivity index (χ4n) is 1.53. The number of hydrogen-bond donors (Lipinski definition) is 1. The van der Waals surface area contributed by atoms with E-state index in [-0.39, 0.29) is 0 Å². The van der Waals surface area contributed by atoms with Crippen LogP contribution in [0, 0.1) is 6.92 Å². The second-order valence-electron chi connectivity index (χ2n) is 3.30. The molecular formula is C11H11BrN2OS. The number of nitrogen functional groups attached to an aromatic ring is 1. The summed E-state index contributed by atoms with van der Waals surface area (Å²) in [6.07, 6.45) is 0. The van der Waals surface area contributed by atoms with E-state index in [1.807, 2.05) is 25.1 Å². The van der Waals surface area contributed by atoms with Gasteiger partial charge in [-0.25, -0.2) is 4.98 Å². The van der Waals surface area contributed by atoms with Crippen molar-refractivity contribution in [3.63, 3.8) is 0 Å². The fourth-order valence-corrected chi connectivity index (χ4v) is 2.60. The van der Waals surface area contributed by atoms with E-state index in [9.17, 15) is 0 Å². The zero-order valence-electron chi connectivity index (χ0n) is 8.95. The van der Waals surface area contributed by atoms with Gasteiger partial charge in [-0.05, 0) is 25.1 Å². The summed E-state index contributed by atoms with van der Waals surface area (Å²) in [7, 11) is 1.65. The predicted octanol–water partition coefficient (Wildman–Crippen LogP) is 3.47. The van der Waals surface area contributed by atoms with Crippen LogP contribution in [0.4, 0.5) is 5.13 Å². The van der Waals surface area contributed by atoms with E-state index in [4.69, 9.17) is 10.5 Å². The van der Waals surface area contributed by atoms with Crippen LogP contribution in [-0.2, 0) is 0 Å². The maximum absolute atomic E-state index is 5.70. The molecule has 2 aromatic rings. The van der Waals surface area contributed by atoms with Gasteiger partial charge in [-0.2, -0.15) is 0 Å². The molecule has 5 heteroatoms. The highest BCUT2D eigenvalue weighted by Gasteiger charge is 2.13. The van der Waals surface area contributed by atoms with Crippen molar-refractivity contribution in [2.75, 3.05) is 12.8 Å². The van der Waals surface area contributed by atoms with Gasteiger partial charge < -0.3 is 10.5 Å². The Morgan fingerprint density at radius 1 is 1.44 bits per heavy atom. The summed E-state index contributed by atoms with van der Waals surface area (Å²) < 4.78 is 6.32. The van der Waals surface area contributed by atoms with Gasteiger partial charge in [0.15, 0.2) is 5.13 Å². The second kappa shape index (κ2) is 4.43. The van der Waals surface area contributed by atoms with Crippen molar-refractivity contribution in [2.45, 2.75) is 6.92 Å². The van der Waals surface area contributed by atoms with Gasteiger partial charge in [0, 0.05) is 14.9 Å². The normalized spacial score (nSPS) is 10.4. The van der Waals surface area contributed by atoms with E-state index < -0.39 is 0 Å². The number of ether oxygens (including phenoxy) is 1. The van der Waals surface area contributed by atoms with E-state index in [2.05, 4.69) is 20.9 Å². The summed E-state index contributed by atoms with van der Waals surface area (Å²) in [4.78, 5) is 5.42. The first-order valence-corrected chi connectivity index (χ1v) is 6.29. The predicted molar refractivity (Wildman–Crippen MR) is 71.0 cm³/mol. The summed E-state index contributed by atoms with van der Waals surface area (Å²) in [6.45, 7) is 2.00. The Bertz CT molecular complexity index is 525. The van der Waals surface area contributed by atoms with Crippen LogP contribution < -0.4 is 10.5 Å². The van der Waals surface area contributed by atoms with Gasteiger partial charge in [0.25, 0.3) is 0 Å². The summed E-state index contributed by atoms with van der Waals surface area (Å²) >= 11 is 4.93. The SMILES string of the molecule is COc1ccc(Br)cc1-c1nc(N)sc1C. The summed E-state index contributed by atoms with van der Waals surface area (Å²) in [5.74, 6) is 0.802. The number of nitrogens with two attached hydrogens (primary N) is 1. The molecule has 1 aromatic carbocycles. The topological polar surface area (TPSA) is 48.1 Å². The van der Waals surface area contributed by atoms with E-state index in [0.717, 1.165) is 26.4 Å².